The first-order chi connectivity index (χ1) is 11.8. The van der Waals surface area contributed by atoms with Crippen LogP contribution >= 0.6 is 34.8 Å². The second-order valence-corrected chi connectivity index (χ2v) is 6.73. The zero-order valence-corrected chi connectivity index (χ0v) is 16.0. The number of hydrogen-bond donors (Lipinski definition) is 2. The summed E-state index contributed by atoms with van der Waals surface area (Å²) in [5.41, 5.74) is 1.73. The number of anilines is 2. The quantitative estimate of drug-likeness (QED) is 0.653. The number of nitrogens with one attached hydrogen (secondary N) is 2. The van der Waals surface area contributed by atoms with Crippen molar-refractivity contribution < 1.29 is 9.59 Å². The summed E-state index contributed by atoms with van der Waals surface area (Å²) in [6.07, 6.45) is 1.01. The first-order valence-electron chi connectivity index (χ1n) is 7.68. The van der Waals surface area contributed by atoms with Gasteiger partial charge >= 0.3 is 0 Å². The van der Waals surface area contributed by atoms with Crippen LogP contribution in [-0.4, -0.2) is 11.8 Å². The number of carbonyl (C=O) groups is 2. The van der Waals surface area contributed by atoms with Gasteiger partial charge in [0.25, 0.3) is 5.91 Å². The molecule has 4 nitrogen and oxygen atoms in total. The normalized spacial score (nSPS) is 10.4. The van der Waals surface area contributed by atoms with E-state index in [-0.39, 0.29) is 22.2 Å². The van der Waals surface area contributed by atoms with Crippen LogP contribution in [0.15, 0.2) is 30.3 Å². The highest BCUT2D eigenvalue weighted by molar-refractivity contribution is 6.38. The minimum absolute atomic E-state index is 0.182. The molecular weight excluding hydrogens is 383 g/mol. The third-order valence-corrected chi connectivity index (χ3v) is 4.48. The lowest BCUT2D eigenvalue weighted by atomic mass is 10.1. The molecule has 2 aromatic carbocycles. The van der Waals surface area contributed by atoms with E-state index in [9.17, 15) is 9.59 Å². The Morgan fingerprint density at radius 3 is 2.44 bits per heavy atom. The van der Waals surface area contributed by atoms with Gasteiger partial charge < -0.3 is 10.6 Å². The molecule has 0 radical (unpaired) electrons. The standard InChI is InChI=1S/C18H17Cl3N2O2/c1-3-5-16(24)23-17-12(8-11(19)9-14(17)21)18(25)22-15-7-4-6-13(20)10(15)2/h4,6-9H,3,5H2,1-2H3,(H,22,25)(H,23,24). The molecule has 0 unspecified atom stereocenters. The zero-order valence-electron chi connectivity index (χ0n) is 13.8. The molecule has 0 fully saturated rings. The molecular formula is C18H17Cl3N2O2. The summed E-state index contributed by atoms with van der Waals surface area (Å²) >= 11 is 18.3. The number of benzene rings is 2. The Balaban J connectivity index is 2.38. The Morgan fingerprint density at radius 1 is 1.04 bits per heavy atom. The second-order valence-electron chi connectivity index (χ2n) is 5.47. The van der Waals surface area contributed by atoms with Crippen molar-refractivity contribution in [3.05, 3.63) is 56.5 Å². The molecule has 0 aliphatic rings. The van der Waals surface area contributed by atoms with Crippen molar-refractivity contribution in [2.75, 3.05) is 10.6 Å². The molecule has 0 heterocycles. The van der Waals surface area contributed by atoms with E-state index in [1.807, 2.05) is 6.92 Å². The van der Waals surface area contributed by atoms with E-state index in [1.54, 1.807) is 25.1 Å². The van der Waals surface area contributed by atoms with Gasteiger partial charge in [0.15, 0.2) is 0 Å². The average molecular weight is 400 g/mol. The van der Waals surface area contributed by atoms with Crippen molar-refractivity contribution in [3.8, 4) is 0 Å². The van der Waals surface area contributed by atoms with Crippen molar-refractivity contribution >= 4 is 58.0 Å². The van der Waals surface area contributed by atoms with Gasteiger partial charge in [0.1, 0.15) is 0 Å². The first kappa shape index (κ1) is 19.6. The first-order valence-corrected chi connectivity index (χ1v) is 8.82. The molecule has 2 amide bonds. The predicted molar refractivity (Wildman–Crippen MR) is 104 cm³/mol. The van der Waals surface area contributed by atoms with E-state index >= 15 is 0 Å². The molecule has 0 atom stereocenters. The molecule has 7 heteroatoms. The highest BCUT2D eigenvalue weighted by Crippen LogP contribution is 2.32. The molecule has 0 aliphatic carbocycles. The van der Waals surface area contributed by atoms with Crippen molar-refractivity contribution in [2.45, 2.75) is 26.7 Å². The third-order valence-electron chi connectivity index (χ3n) is 3.56. The summed E-state index contributed by atoms with van der Waals surface area (Å²) in [6.45, 7) is 3.69. The Kier molecular flexibility index (Phi) is 6.71. The maximum absolute atomic E-state index is 12.7. The molecule has 0 spiro atoms. The SMILES string of the molecule is CCCC(=O)Nc1c(Cl)cc(Cl)cc1C(=O)Nc1cccc(Cl)c1C. The molecule has 132 valence electrons. The molecule has 2 N–H and O–H groups in total. The van der Waals surface area contributed by atoms with E-state index in [4.69, 9.17) is 34.8 Å². The van der Waals surface area contributed by atoms with E-state index < -0.39 is 5.91 Å². The van der Waals surface area contributed by atoms with Gasteiger partial charge in [-0.25, -0.2) is 0 Å². The van der Waals surface area contributed by atoms with Crippen molar-refractivity contribution in [1.29, 1.82) is 0 Å². The molecule has 2 aromatic rings. The van der Waals surface area contributed by atoms with Gasteiger partial charge in [0.2, 0.25) is 5.91 Å². The molecule has 2 rings (SSSR count). The van der Waals surface area contributed by atoms with Crippen LogP contribution < -0.4 is 10.6 Å². The van der Waals surface area contributed by atoms with Crippen molar-refractivity contribution in [1.82, 2.24) is 0 Å². The molecule has 0 saturated heterocycles. The van der Waals surface area contributed by atoms with E-state index in [2.05, 4.69) is 10.6 Å². The Labute approximate surface area is 161 Å². The lowest BCUT2D eigenvalue weighted by Crippen LogP contribution is -2.19. The minimum Gasteiger partial charge on any atom is -0.324 e. The zero-order chi connectivity index (χ0) is 18.6. The third kappa shape index (κ3) is 4.88. The van der Waals surface area contributed by atoms with Crippen LogP contribution in [0.3, 0.4) is 0 Å². The van der Waals surface area contributed by atoms with Crippen LogP contribution in [0, 0.1) is 6.92 Å². The monoisotopic (exact) mass is 398 g/mol. The highest BCUT2D eigenvalue weighted by Gasteiger charge is 2.19. The molecule has 0 saturated carbocycles. The van der Waals surface area contributed by atoms with Gasteiger partial charge in [-0.3, -0.25) is 9.59 Å². The topological polar surface area (TPSA) is 58.2 Å². The Morgan fingerprint density at radius 2 is 1.76 bits per heavy atom. The Bertz CT molecular complexity index is 822. The van der Waals surface area contributed by atoms with Gasteiger partial charge in [-0.1, -0.05) is 47.8 Å². The van der Waals surface area contributed by atoms with Gasteiger partial charge in [-0.15, -0.1) is 0 Å². The van der Waals surface area contributed by atoms with Crippen LogP contribution in [0.2, 0.25) is 15.1 Å². The fourth-order valence-corrected chi connectivity index (χ4v) is 2.96. The number of amides is 2. The van der Waals surface area contributed by atoms with Crippen LogP contribution in [0.4, 0.5) is 11.4 Å². The van der Waals surface area contributed by atoms with Gasteiger partial charge in [-0.05, 0) is 43.2 Å². The summed E-state index contributed by atoms with van der Waals surface area (Å²) in [4.78, 5) is 24.6. The van der Waals surface area contributed by atoms with Crippen LogP contribution in [-0.2, 0) is 4.79 Å². The van der Waals surface area contributed by atoms with Gasteiger partial charge in [0.05, 0.1) is 16.3 Å². The fraction of sp³-hybridized carbons (Fsp3) is 0.222. The maximum atomic E-state index is 12.7. The van der Waals surface area contributed by atoms with Crippen LogP contribution in [0.1, 0.15) is 35.7 Å². The van der Waals surface area contributed by atoms with Gasteiger partial charge in [0, 0.05) is 22.2 Å². The maximum Gasteiger partial charge on any atom is 0.257 e. The molecule has 0 bridgehead atoms. The van der Waals surface area contributed by atoms with Crippen molar-refractivity contribution in [3.63, 3.8) is 0 Å². The summed E-state index contributed by atoms with van der Waals surface area (Å²) < 4.78 is 0. The number of rotatable bonds is 5. The predicted octanol–water partition coefficient (Wildman–Crippen LogP) is 5.95. The summed E-state index contributed by atoms with van der Waals surface area (Å²) in [6, 6.07) is 8.15. The van der Waals surface area contributed by atoms with Gasteiger partial charge in [-0.2, -0.15) is 0 Å². The minimum atomic E-state index is -0.443. The van der Waals surface area contributed by atoms with Crippen LogP contribution in [0.25, 0.3) is 0 Å². The molecule has 0 aliphatic heterocycles. The second kappa shape index (κ2) is 8.56. The highest BCUT2D eigenvalue weighted by atomic mass is 35.5. The Hall–Kier alpha value is -1.75. The summed E-state index contributed by atoms with van der Waals surface area (Å²) in [7, 11) is 0. The number of hydrogen-bond acceptors (Lipinski definition) is 2. The molecule has 0 aromatic heterocycles. The fourth-order valence-electron chi connectivity index (χ4n) is 2.24. The number of halogens is 3. The van der Waals surface area contributed by atoms with E-state index in [0.29, 0.717) is 28.6 Å². The summed E-state index contributed by atoms with van der Waals surface area (Å²) in [5.74, 6) is -0.665. The van der Waals surface area contributed by atoms with Crippen LogP contribution in [0.5, 0.6) is 0 Å². The van der Waals surface area contributed by atoms with E-state index in [1.165, 1.54) is 12.1 Å². The van der Waals surface area contributed by atoms with Crippen molar-refractivity contribution in [2.24, 2.45) is 0 Å². The largest absolute Gasteiger partial charge is 0.324 e. The lowest BCUT2D eigenvalue weighted by Gasteiger charge is -2.15. The average Bonchev–Trinajstić information content (AvgIpc) is 2.54. The number of carbonyl (C=O) groups excluding carboxylic acids is 2. The summed E-state index contributed by atoms with van der Waals surface area (Å²) in [5, 5.41) is 6.50. The van der Waals surface area contributed by atoms with E-state index in [0.717, 1.165) is 5.56 Å². The molecule has 25 heavy (non-hydrogen) atoms. The smallest absolute Gasteiger partial charge is 0.257 e. The lowest BCUT2D eigenvalue weighted by molar-refractivity contribution is -0.116.